The summed E-state index contributed by atoms with van der Waals surface area (Å²) < 4.78 is 14.3. The van der Waals surface area contributed by atoms with Gasteiger partial charge in [0.25, 0.3) is 5.91 Å². The van der Waals surface area contributed by atoms with Crippen LogP contribution in [0.3, 0.4) is 0 Å². The van der Waals surface area contributed by atoms with Crippen molar-refractivity contribution in [1.82, 2.24) is 10.6 Å². The quantitative estimate of drug-likeness (QED) is 0.587. The first-order chi connectivity index (χ1) is 11.6. The van der Waals surface area contributed by atoms with Gasteiger partial charge in [0.1, 0.15) is 5.82 Å². The highest BCUT2D eigenvalue weighted by Gasteiger charge is 2.04. The Labute approximate surface area is 147 Å². The van der Waals surface area contributed by atoms with E-state index < -0.39 is 5.82 Å². The topological polar surface area (TPSA) is 58.2 Å². The number of halogens is 2. The lowest BCUT2D eigenvalue weighted by Crippen LogP contribution is -2.33. The average Bonchev–Trinajstić information content (AvgIpc) is 2.60. The Morgan fingerprint density at radius 2 is 1.75 bits per heavy atom. The van der Waals surface area contributed by atoms with Crippen LogP contribution < -0.4 is 10.6 Å². The molecule has 0 aliphatic heterocycles. The van der Waals surface area contributed by atoms with Gasteiger partial charge in [0.15, 0.2) is 0 Å². The number of carbonyl (C=O) groups excluding carboxylic acids is 2. The fraction of sp³-hybridized carbons (Fsp3) is 0.111. The number of hydrogen-bond acceptors (Lipinski definition) is 2. The number of carbonyl (C=O) groups is 2. The molecule has 0 atom stereocenters. The second kappa shape index (κ2) is 8.98. The molecule has 0 aliphatic carbocycles. The summed E-state index contributed by atoms with van der Waals surface area (Å²) in [4.78, 5) is 23.5. The van der Waals surface area contributed by atoms with Crippen molar-refractivity contribution >= 4 is 33.8 Å². The summed E-state index contributed by atoms with van der Waals surface area (Å²) in [6, 6.07) is 13.3. The van der Waals surface area contributed by atoms with Crippen molar-refractivity contribution < 1.29 is 14.0 Å². The van der Waals surface area contributed by atoms with Crippen molar-refractivity contribution in [3.05, 3.63) is 76.0 Å². The summed E-state index contributed by atoms with van der Waals surface area (Å²) in [7, 11) is 0. The van der Waals surface area contributed by atoms with Gasteiger partial charge in [-0.25, -0.2) is 4.39 Å². The summed E-state index contributed by atoms with van der Waals surface area (Å²) in [5, 5.41) is 5.32. The van der Waals surface area contributed by atoms with Crippen LogP contribution in [-0.2, 0) is 4.79 Å². The highest BCUT2D eigenvalue weighted by molar-refractivity contribution is 9.10. The van der Waals surface area contributed by atoms with Crippen LogP contribution in [0, 0.1) is 5.82 Å². The second-order valence-corrected chi connectivity index (χ2v) is 5.83. The molecule has 0 radical (unpaired) electrons. The zero-order valence-electron chi connectivity index (χ0n) is 12.8. The van der Waals surface area contributed by atoms with Crippen molar-refractivity contribution in [2.24, 2.45) is 0 Å². The molecule has 6 heteroatoms. The van der Waals surface area contributed by atoms with E-state index in [9.17, 15) is 14.0 Å². The van der Waals surface area contributed by atoms with Crippen molar-refractivity contribution in [3.8, 4) is 0 Å². The molecular weight excluding hydrogens is 375 g/mol. The molecule has 0 aromatic heterocycles. The lowest BCUT2D eigenvalue weighted by atomic mass is 10.2. The Morgan fingerprint density at radius 3 is 2.50 bits per heavy atom. The maximum absolute atomic E-state index is 13.5. The average molecular weight is 391 g/mol. The van der Waals surface area contributed by atoms with Crippen LogP contribution in [0.25, 0.3) is 6.08 Å². The number of nitrogens with one attached hydrogen (secondary N) is 2. The molecule has 0 fully saturated rings. The molecule has 0 saturated heterocycles. The predicted molar refractivity (Wildman–Crippen MR) is 94.9 cm³/mol. The molecule has 0 unspecified atom stereocenters. The third-order valence-corrected chi connectivity index (χ3v) is 3.61. The monoisotopic (exact) mass is 390 g/mol. The Hall–Kier alpha value is -2.47. The molecule has 2 amide bonds. The smallest absolute Gasteiger partial charge is 0.251 e. The molecule has 2 aromatic rings. The van der Waals surface area contributed by atoms with Gasteiger partial charge in [0.05, 0.1) is 0 Å². The molecule has 0 spiro atoms. The first-order valence-electron chi connectivity index (χ1n) is 7.30. The molecule has 0 heterocycles. The molecule has 4 nitrogen and oxygen atoms in total. The van der Waals surface area contributed by atoms with Gasteiger partial charge in [-0.1, -0.05) is 34.1 Å². The van der Waals surface area contributed by atoms with Gasteiger partial charge in [-0.15, -0.1) is 0 Å². The van der Waals surface area contributed by atoms with Gasteiger partial charge in [0, 0.05) is 34.8 Å². The Bertz CT molecular complexity index is 748. The third kappa shape index (κ3) is 5.62. The van der Waals surface area contributed by atoms with Gasteiger partial charge in [-0.3, -0.25) is 9.59 Å². The van der Waals surface area contributed by atoms with E-state index in [1.165, 1.54) is 18.2 Å². The van der Waals surface area contributed by atoms with E-state index in [2.05, 4.69) is 26.6 Å². The van der Waals surface area contributed by atoms with Crippen LogP contribution in [0.2, 0.25) is 0 Å². The van der Waals surface area contributed by atoms with Crippen LogP contribution in [0.1, 0.15) is 15.9 Å². The highest BCUT2D eigenvalue weighted by Crippen LogP contribution is 2.16. The van der Waals surface area contributed by atoms with Crippen LogP contribution in [0.15, 0.2) is 59.1 Å². The Balaban J connectivity index is 1.74. The molecule has 0 saturated carbocycles. The van der Waals surface area contributed by atoms with Crippen molar-refractivity contribution in [2.45, 2.75) is 0 Å². The number of benzene rings is 2. The molecule has 0 aliphatic rings. The molecule has 2 rings (SSSR count). The minimum atomic E-state index is -0.405. The number of amides is 2. The number of rotatable bonds is 6. The van der Waals surface area contributed by atoms with Crippen LogP contribution >= 0.6 is 15.9 Å². The third-order valence-electron chi connectivity index (χ3n) is 3.12. The number of hydrogen-bond donors (Lipinski definition) is 2. The zero-order valence-corrected chi connectivity index (χ0v) is 14.3. The van der Waals surface area contributed by atoms with E-state index in [0.29, 0.717) is 17.7 Å². The second-order valence-electron chi connectivity index (χ2n) is 4.91. The Morgan fingerprint density at radius 1 is 1.04 bits per heavy atom. The van der Waals surface area contributed by atoms with Crippen LogP contribution in [0.5, 0.6) is 0 Å². The maximum Gasteiger partial charge on any atom is 0.251 e. The van der Waals surface area contributed by atoms with Gasteiger partial charge in [0.2, 0.25) is 5.91 Å². The van der Waals surface area contributed by atoms with E-state index >= 15 is 0 Å². The standard InChI is InChI=1S/C18H16BrFN2O2/c19-15-7-8-16(20)14(12-15)6-9-17(23)21-10-11-22-18(24)13-4-2-1-3-5-13/h1-9,12H,10-11H2,(H,21,23)(H,22,24)/b9-6+. The van der Waals surface area contributed by atoms with E-state index in [1.807, 2.05) is 6.07 Å². The van der Waals surface area contributed by atoms with E-state index in [4.69, 9.17) is 0 Å². The summed E-state index contributed by atoms with van der Waals surface area (Å²) in [6.07, 6.45) is 2.65. The van der Waals surface area contributed by atoms with Gasteiger partial charge >= 0.3 is 0 Å². The fourth-order valence-corrected chi connectivity index (χ4v) is 2.30. The maximum atomic E-state index is 13.5. The first-order valence-corrected chi connectivity index (χ1v) is 8.10. The normalized spacial score (nSPS) is 10.6. The zero-order chi connectivity index (χ0) is 17.4. The van der Waals surface area contributed by atoms with Gasteiger partial charge in [-0.2, -0.15) is 0 Å². The highest BCUT2D eigenvalue weighted by atomic mass is 79.9. The van der Waals surface area contributed by atoms with Crippen LogP contribution in [0.4, 0.5) is 4.39 Å². The van der Waals surface area contributed by atoms with E-state index in [0.717, 1.165) is 4.47 Å². The summed E-state index contributed by atoms with van der Waals surface area (Å²) in [5.74, 6) is -0.961. The molecule has 2 N–H and O–H groups in total. The minimum Gasteiger partial charge on any atom is -0.351 e. The van der Waals surface area contributed by atoms with Gasteiger partial charge < -0.3 is 10.6 Å². The van der Waals surface area contributed by atoms with Crippen LogP contribution in [-0.4, -0.2) is 24.9 Å². The SMILES string of the molecule is O=C(/C=C/c1cc(Br)ccc1F)NCCNC(=O)c1ccccc1. The van der Waals surface area contributed by atoms with E-state index in [1.54, 1.807) is 36.4 Å². The molecule has 24 heavy (non-hydrogen) atoms. The fourth-order valence-electron chi connectivity index (χ4n) is 1.92. The summed E-state index contributed by atoms with van der Waals surface area (Å²) in [6.45, 7) is 0.585. The molecule has 0 bridgehead atoms. The molecule has 2 aromatic carbocycles. The lowest BCUT2D eigenvalue weighted by Gasteiger charge is -2.05. The van der Waals surface area contributed by atoms with Crippen molar-refractivity contribution in [2.75, 3.05) is 13.1 Å². The minimum absolute atomic E-state index is 0.198. The van der Waals surface area contributed by atoms with Gasteiger partial charge in [-0.05, 0) is 36.4 Å². The first kappa shape index (κ1) is 17.9. The Kier molecular flexibility index (Phi) is 6.69. The molecule has 124 valence electrons. The van der Waals surface area contributed by atoms with E-state index in [-0.39, 0.29) is 18.4 Å². The molecular formula is C18H16BrFN2O2. The van der Waals surface area contributed by atoms with Crippen molar-refractivity contribution in [1.29, 1.82) is 0 Å². The largest absolute Gasteiger partial charge is 0.351 e. The lowest BCUT2D eigenvalue weighted by molar-refractivity contribution is -0.116. The summed E-state index contributed by atoms with van der Waals surface area (Å²) in [5.41, 5.74) is 0.880. The van der Waals surface area contributed by atoms with Crippen molar-refractivity contribution in [3.63, 3.8) is 0 Å². The predicted octanol–water partition coefficient (Wildman–Crippen LogP) is 3.15. The summed E-state index contributed by atoms with van der Waals surface area (Å²) >= 11 is 3.25.